The van der Waals surface area contributed by atoms with Crippen molar-refractivity contribution in [1.82, 2.24) is 4.72 Å². The predicted molar refractivity (Wildman–Crippen MR) is 87.1 cm³/mol. The third kappa shape index (κ3) is 4.04. The summed E-state index contributed by atoms with van der Waals surface area (Å²) < 4.78 is 28.2. The Balaban J connectivity index is 2.17. The summed E-state index contributed by atoms with van der Waals surface area (Å²) in [5.74, 6) is 5.26. The van der Waals surface area contributed by atoms with Crippen molar-refractivity contribution in [3.63, 3.8) is 0 Å². The zero-order valence-corrected chi connectivity index (χ0v) is 13.8. The summed E-state index contributed by atoms with van der Waals surface area (Å²) >= 11 is 3.35. The fourth-order valence-corrected chi connectivity index (χ4v) is 3.35. The first-order valence-electron chi connectivity index (χ1n) is 6.27. The van der Waals surface area contributed by atoms with Crippen LogP contribution in [0.3, 0.4) is 0 Å². The van der Waals surface area contributed by atoms with Crippen molar-refractivity contribution in [2.24, 2.45) is 5.84 Å². The standard InChI is InChI=1S/C14H16BrN3O2S/c1-10(11-2-4-12(15)5-3-11)18-21(19,20)14-8-6-13(17-16)7-9-14/h2-10,17-18H,16H2,1H3. The number of hydrazine groups is 1. The molecule has 4 N–H and O–H groups in total. The van der Waals surface area contributed by atoms with Gasteiger partial charge in [-0.15, -0.1) is 0 Å². The number of anilines is 1. The van der Waals surface area contributed by atoms with Crippen molar-refractivity contribution in [3.05, 3.63) is 58.6 Å². The van der Waals surface area contributed by atoms with Gasteiger partial charge in [-0.1, -0.05) is 28.1 Å². The summed E-state index contributed by atoms with van der Waals surface area (Å²) in [6.07, 6.45) is 0. The molecule has 2 aromatic carbocycles. The van der Waals surface area contributed by atoms with Gasteiger partial charge in [0.15, 0.2) is 0 Å². The number of benzene rings is 2. The summed E-state index contributed by atoms with van der Waals surface area (Å²) in [5, 5.41) is 0. The van der Waals surface area contributed by atoms with E-state index in [1.165, 1.54) is 12.1 Å². The summed E-state index contributed by atoms with van der Waals surface area (Å²) in [7, 11) is -3.57. The summed E-state index contributed by atoms with van der Waals surface area (Å²) in [4.78, 5) is 0.200. The van der Waals surface area contributed by atoms with E-state index in [-0.39, 0.29) is 10.9 Å². The molecule has 2 aromatic rings. The van der Waals surface area contributed by atoms with Crippen molar-refractivity contribution in [2.45, 2.75) is 17.9 Å². The molecule has 5 nitrogen and oxygen atoms in total. The number of halogens is 1. The lowest BCUT2D eigenvalue weighted by molar-refractivity contribution is 0.567. The second kappa shape index (κ2) is 6.57. The minimum atomic E-state index is -3.57. The van der Waals surface area contributed by atoms with Crippen LogP contribution in [0, 0.1) is 0 Å². The van der Waals surface area contributed by atoms with Crippen LogP contribution in [0.25, 0.3) is 0 Å². The third-order valence-electron chi connectivity index (χ3n) is 3.03. The molecule has 0 bridgehead atoms. The molecule has 0 aliphatic rings. The van der Waals surface area contributed by atoms with Crippen LogP contribution in [0.2, 0.25) is 0 Å². The highest BCUT2D eigenvalue weighted by atomic mass is 79.9. The Morgan fingerprint density at radius 3 is 2.14 bits per heavy atom. The van der Waals surface area contributed by atoms with Crippen LogP contribution in [-0.4, -0.2) is 8.42 Å². The van der Waals surface area contributed by atoms with Crippen molar-refractivity contribution < 1.29 is 8.42 Å². The number of hydrogen-bond donors (Lipinski definition) is 3. The maximum atomic E-state index is 12.3. The average molecular weight is 370 g/mol. The maximum Gasteiger partial charge on any atom is 0.241 e. The Labute approximate surface area is 132 Å². The van der Waals surface area contributed by atoms with Crippen molar-refractivity contribution in [1.29, 1.82) is 0 Å². The van der Waals surface area contributed by atoms with Crippen LogP contribution in [0.1, 0.15) is 18.5 Å². The van der Waals surface area contributed by atoms with Gasteiger partial charge in [-0.05, 0) is 48.9 Å². The quantitative estimate of drug-likeness (QED) is 0.558. The molecule has 0 saturated carbocycles. The van der Waals surface area contributed by atoms with Crippen LogP contribution in [0.5, 0.6) is 0 Å². The predicted octanol–water partition coefficient (Wildman–Crippen LogP) is 2.77. The van der Waals surface area contributed by atoms with E-state index in [0.717, 1.165) is 10.0 Å². The van der Waals surface area contributed by atoms with Crippen LogP contribution >= 0.6 is 15.9 Å². The zero-order valence-electron chi connectivity index (χ0n) is 11.4. The molecule has 21 heavy (non-hydrogen) atoms. The third-order valence-corrected chi connectivity index (χ3v) is 5.12. The van der Waals surface area contributed by atoms with Crippen molar-refractivity contribution in [3.8, 4) is 0 Å². The fourth-order valence-electron chi connectivity index (χ4n) is 1.85. The second-order valence-electron chi connectivity index (χ2n) is 4.56. The van der Waals surface area contributed by atoms with Gasteiger partial charge in [-0.3, -0.25) is 5.84 Å². The van der Waals surface area contributed by atoms with Gasteiger partial charge in [0, 0.05) is 16.2 Å². The lowest BCUT2D eigenvalue weighted by atomic mass is 10.1. The molecule has 2 rings (SSSR count). The van der Waals surface area contributed by atoms with Gasteiger partial charge in [-0.25, -0.2) is 13.1 Å². The first-order valence-corrected chi connectivity index (χ1v) is 8.54. The number of nitrogens with one attached hydrogen (secondary N) is 2. The van der Waals surface area contributed by atoms with Crippen LogP contribution in [-0.2, 0) is 10.0 Å². The molecule has 112 valence electrons. The maximum absolute atomic E-state index is 12.3. The van der Waals surface area contributed by atoms with E-state index >= 15 is 0 Å². The Morgan fingerprint density at radius 2 is 1.62 bits per heavy atom. The molecular weight excluding hydrogens is 354 g/mol. The summed E-state index contributed by atoms with van der Waals surface area (Å²) in [6.45, 7) is 1.80. The normalized spacial score (nSPS) is 12.9. The minimum Gasteiger partial charge on any atom is -0.324 e. The van der Waals surface area contributed by atoms with Gasteiger partial charge >= 0.3 is 0 Å². The molecule has 0 heterocycles. The monoisotopic (exact) mass is 369 g/mol. The van der Waals surface area contributed by atoms with Crippen LogP contribution in [0.15, 0.2) is 57.9 Å². The summed E-state index contributed by atoms with van der Waals surface area (Å²) in [6, 6.07) is 13.4. The largest absolute Gasteiger partial charge is 0.324 e. The molecule has 0 aliphatic heterocycles. The number of nitrogen functional groups attached to an aromatic ring is 1. The van der Waals surface area contributed by atoms with E-state index in [1.807, 2.05) is 24.3 Å². The number of hydrogen-bond acceptors (Lipinski definition) is 4. The molecule has 0 amide bonds. The molecule has 0 aliphatic carbocycles. The van der Waals surface area contributed by atoms with Gasteiger partial charge in [0.2, 0.25) is 10.0 Å². The molecule has 1 unspecified atom stereocenters. The van der Waals surface area contributed by atoms with E-state index < -0.39 is 10.0 Å². The van der Waals surface area contributed by atoms with E-state index in [2.05, 4.69) is 26.1 Å². The lowest BCUT2D eigenvalue weighted by Gasteiger charge is -2.15. The molecule has 7 heteroatoms. The van der Waals surface area contributed by atoms with E-state index in [9.17, 15) is 8.42 Å². The molecular formula is C14H16BrN3O2S. The van der Waals surface area contributed by atoms with Gasteiger partial charge in [0.1, 0.15) is 0 Å². The molecule has 0 spiro atoms. The van der Waals surface area contributed by atoms with Gasteiger partial charge in [0.05, 0.1) is 4.90 Å². The number of rotatable bonds is 5. The van der Waals surface area contributed by atoms with Crippen molar-refractivity contribution >= 4 is 31.6 Å². The lowest BCUT2D eigenvalue weighted by Crippen LogP contribution is -2.26. The van der Waals surface area contributed by atoms with Crippen LogP contribution in [0.4, 0.5) is 5.69 Å². The Bertz CT molecular complexity index is 700. The molecule has 0 fully saturated rings. The van der Waals surface area contributed by atoms with Gasteiger partial charge < -0.3 is 5.43 Å². The number of nitrogens with two attached hydrogens (primary N) is 1. The highest BCUT2D eigenvalue weighted by Crippen LogP contribution is 2.20. The molecule has 1 atom stereocenters. The molecule has 0 radical (unpaired) electrons. The first kappa shape index (κ1) is 16.0. The van der Waals surface area contributed by atoms with E-state index in [0.29, 0.717) is 5.69 Å². The number of sulfonamides is 1. The SMILES string of the molecule is CC(NS(=O)(=O)c1ccc(NN)cc1)c1ccc(Br)cc1. The Hall–Kier alpha value is -1.41. The van der Waals surface area contributed by atoms with E-state index in [4.69, 9.17) is 5.84 Å². The second-order valence-corrected chi connectivity index (χ2v) is 7.19. The minimum absolute atomic E-state index is 0.200. The molecule has 0 saturated heterocycles. The smallest absolute Gasteiger partial charge is 0.241 e. The van der Waals surface area contributed by atoms with Crippen LogP contribution < -0.4 is 16.0 Å². The molecule has 0 aromatic heterocycles. The van der Waals surface area contributed by atoms with Gasteiger partial charge in [-0.2, -0.15) is 0 Å². The topological polar surface area (TPSA) is 84.2 Å². The first-order chi connectivity index (χ1) is 9.92. The summed E-state index contributed by atoms with van der Waals surface area (Å²) in [5.41, 5.74) is 4.00. The highest BCUT2D eigenvalue weighted by Gasteiger charge is 2.18. The van der Waals surface area contributed by atoms with Crippen molar-refractivity contribution in [2.75, 3.05) is 5.43 Å². The fraction of sp³-hybridized carbons (Fsp3) is 0.143. The Morgan fingerprint density at radius 1 is 1.05 bits per heavy atom. The van der Waals surface area contributed by atoms with E-state index in [1.54, 1.807) is 19.1 Å². The van der Waals surface area contributed by atoms with Gasteiger partial charge in [0.25, 0.3) is 0 Å². The zero-order chi connectivity index (χ0) is 15.5. The average Bonchev–Trinajstić information content (AvgIpc) is 2.47. The Kier molecular flexibility index (Phi) is 5.00. The highest BCUT2D eigenvalue weighted by molar-refractivity contribution is 9.10.